The summed E-state index contributed by atoms with van der Waals surface area (Å²) in [7, 11) is 0. The third-order valence-electron chi connectivity index (χ3n) is 2.58. The topological polar surface area (TPSA) is 114 Å². The molecule has 100 valence electrons. The van der Waals surface area contributed by atoms with Gasteiger partial charge >= 0.3 is 5.97 Å². The number of oxazole rings is 1. The molecule has 0 aliphatic carbocycles. The maximum atomic E-state index is 11.0. The maximum Gasteiger partial charge on any atom is 0.337 e. The summed E-state index contributed by atoms with van der Waals surface area (Å²) in [6.45, 7) is 3.61. The fraction of sp³-hybridized carbons (Fsp3) is 0.250. The van der Waals surface area contributed by atoms with Gasteiger partial charge in [0.25, 0.3) is 0 Å². The van der Waals surface area contributed by atoms with Crippen LogP contribution in [0, 0.1) is 6.92 Å². The van der Waals surface area contributed by atoms with Crippen LogP contribution in [0.3, 0.4) is 0 Å². The van der Waals surface area contributed by atoms with Gasteiger partial charge in [-0.2, -0.15) is 0 Å². The smallest absolute Gasteiger partial charge is 0.337 e. The minimum absolute atomic E-state index is 0.00767. The number of carbonyl (C=O) groups is 1. The van der Waals surface area contributed by atoms with Gasteiger partial charge in [-0.1, -0.05) is 0 Å². The van der Waals surface area contributed by atoms with Gasteiger partial charge in [-0.05, 0) is 19.9 Å². The Morgan fingerprint density at radius 1 is 1.53 bits per heavy atom. The molecule has 0 bridgehead atoms. The highest BCUT2D eigenvalue weighted by molar-refractivity contribution is 5.96. The van der Waals surface area contributed by atoms with Crippen molar-refractivity contribution in [3.8, 4) is 0 Å². The highest BCUT2D eigenvalue weighted by atomic mass is 16.4. The van der Waals surface area contributed by atoms with Crippen molar-refractivity contribution in [1.29, 1.82) is 0 Å². The van der Waals surface area contributed by atoms with Crippen LogP contribution >= 0.6 is 0 Å². The first-order valence-corrected chi connectivity index (χ1v) is 5.65. The molecule has 0 aliphatic heterocycles. The lowest BCUT2D eigenvalue weighted by Gasteiger charge is -2.13. The molecule has 0 saturated carbocycles. The van der Waals surface area contributed by atoms with E-state index in [2.05, 4.69) is 15.3 Å². The van der Waals surface area contributed by atoms with Crippen molar-refractivity contribution in [3.05, 3.63) is 35.7 Å². The number of aryl methyl sites for hydroxylation is 1. The van der Waals surface area contributed by atoms with Gasteiger partial charge in [0.15, 0.2) is 5.82 Å². The summed E-state index contributed by atoms with van der Waals surface area (Å²) in [5.74, 6) is 0.383. The van der Waals surface area contributed by atoms with E-state index in [4.69, 9.17) is 15.3 Å². The molecule has 4 N–H and O–H groups in total. The van der Waals surface area contributed by atoms with E-state index in [1.54, 1.807) is 13.1 Å². The number of carboxylic acids is 1. The Kier molecular flexibility index (Phi) is 3.37. The van der Waals surface area contributed by atoms with Gasteiger partial charge < -0.3 is 20.6 Å². The lowest BCUT2D eigenvalue weighted by molar-refractivity contribution is 0.0698. The molecule has 19 heavy (non-hydrogen) atoms. The predicted octanol–water partition coefficient (Wildman–Crippen LogP) is 1.83. The Bertz CT molecular complexity index is 609. The molecule has 2 aromatic heterocycles. The molecule has 0 saturated heterocycles. The largest absolute Gasteiger partial charge is 0.478 e. The second-order valence-corrected chi connectivity index (χ2v) is 4.10. The molecule has 0 aliphatic rings. The zero-order chi connectivity index (χ0) is 14.0. The van der Waals surface area contributed by atoms with Crippen LogP contribution in [0.15, 0.2) is 22.9 Å². The van der Waals surface area contributed by atoms with Gasteiger partial charge in [0.05, 0.1) is 17.4 Å². The zero-order valence-corrected chi connectivity index (χ0v) is 10.5. The number of aromatic carboxylic acids is 1. The van der Waals surface area contributed by atoms with E-state index in [9.17, 15) is 4.79 Å². The SMILES string of the molecule is Cc1cnc(C(C)Nc2nccc(C(=O)O)c2N)o1. The molecule has 0 amide bonds. The van der Waals surface area contributed by atoms with Crippen LogP contribution in [0.25, 0.3) is 0 Å². The van der Waals surface area contributed by atoms with E-state index in [1.807, 2.05) is 6.92 Å². The van der Waals surface area contributed by atoms with Gasteiger partial charge in [0.1, 0.15) is 11.8 Å². The lowest BCUT2D eigenvalue weighted by Crippen LogP contribution is -2.12. The van der Waals surface area contributed by atoms with Crippen molar-refractivity contribution in [2.75, 3.05) is 11.1 Å². The lowest BCUT2D eigenvalue weighted by atomic mass is 10.2. The zero-order valence-electron chi connectivity index (χ0n) is 10.5. The van der Waals surface area contributed by atoms with Gasteiger partial charge in [0, 0.05) is 6.20 Å². The maximum absolute atomic E-state index is 11.0. The first-order chi connectivity index (χ1) is 8.99. The van der Waals surface area contributed by atoms with Gasteiger partial charge in [-0.3, -0.25) is 0 Å². The molecule has 2 heterocycles. The molecule has 0 spiro atoms. The molecule has 0 radical (unpaired) electrons. The molecule has 0 aromatic carbocycles. The molecule has 2 aromatic rings. The quantitative estimate of drug-likeness (QED) is 0.769. The summed E-state index contributed by atoms with van der Waals surface area (Å²) in [5, 5.41) is 12.0. The second-order valence-electron chi connectivity index (χ2n) is 4.10. The molecule has 0 fully saturated rings. The Labute approximate surface area is 109 Å². The number of aromatic nitrogens is 2. The Hall–Kier alpha value is -2.57. The highest BCUT2D eigenvalue weighted by Crippen LogP contribution is 2.24. The van der Waals surface area contributed by atoms with Gasteiger partial charge in [-0.15, -0.1) is 0 Å². The van der Waals surface area contributed by atoms with E-state index in [1.165, 1.54) is 12.3 Å². The third kappa shape index (κ3) is 2.65. The van der Waals surface area contributed by atoms with Crippen LogP contribution in [0.2, 0.25) is 0 Å². The average Bonchev–Trinajstić information content (AvgIpc) is 2.78. The van der Waals surface area contributed by atoms with Crippen molar-refractivity contribution in [2.24, 2.45) is 0 Å². The normalized spacial score (nSPS) is 12.1. The Morgan fingerprint density at radius 3 is 2.84 bits per heavy atom. The molecule has 2 rings (SSSR count). The molecular weight excluding hydrogens is 248 g/mol. The summed E-state index contributed by atoms with van der Waals surface area (Å²) in [6, 6.07) is 1.08. The van der Waals surface area contributed by atoms with Crippen LogP contribution in [-0.4, -0.2) is 21.0 Å². The van der Waals surface area contributed by atoms with Crippen LogP contribution < -0.4 is 11.1 Å². The summed E-state index contributed by atoms with van der Waals surface area (Å²) in [6.07, 6.45) is 2.99. The third-order valence-corrected chi connectivity index (χ3v) is 2.58. The first kappa shape index (κ1) is 12.9. The van der Waals surface area contributed by atoms with E-state index < -0.39 is 5.97 Å². The number of anilines is 2. The van der Waals surface area contributed by atoms with Gasteiger partial charge in [0.2, 0.25) is 5.89 Å². The monoisotopic (exact) mass is 262 g/mol. The van der Waals surface area contributed by atoms with Crippen molar-refractivity contribution in [3.63, 3.8) is 0 Å². The van der Waals surface area contributed by atoms with Crippen LogP contribution in [-0.2, 0) is 0 Å². The summed E-state index contributed by atoms with van der Waals surface area (Å²) < 4.78 is 5.38. The van der Waals surface area contributed by atoms with E-state index in [-0.39, 0.29) is 17.3 Å². The predicted molar refractivity (Wildman–Crippen MR) is 68.9 cm³/mol. The average molecular weight is 262 g/mol. The molecule has 7 heteroatoms. The summed E-state index contributed by atoms with van der Waals surface area (Å²) in [5.41, 5.74) is 5.85. The van der Waals surface area contributed by atoms with E-state index in [0.717, 1.165) is 0 Å². The number of hydrogen-bond donors (Lipinski definition) is 3. The number of nitrogen functional groups attached to an aromatic ring is 1. The van der Waals surface area contributed by atoms with E-state index in [0.29, 0.717) is 17.5 Å². The van der Waals surface area contributed by atoms with Crippen molar-refractivity contribution in [2.45, 2.75) is 19.9 Å². The number of hydrogen-bond acceptors (Lipinski definition) is 6. The number of nitrogens with zero attached hydrogens (tertiary/aromatic N) is 2. The summed E-state index contributed by atoms with van der Waals surface area (Å²) in [4.78, 5) is 19.1. The minimum atomic E-state index is -1.09. The number of rotatable bonds is 4. The van der Waals surface area contributed by atoms with E-state index >= 15 is 0 Å². The molecule has 7 nitrogen and oxygen atoms in total. The summed E-state index contributed by atoms with van der Waals surface area (Å²) >= 11 is 0. The Morgan fingerprint density at radius 2 is 2.26 bits per heavy atom. The van der Waals surface area contributed by atoms with Crippen molar-refractivity contribution >= 4 is 17.5 Å². The minimum Gasteiger partial charge on any atom is -0.478 e. The highest BCUT2D eigenvalue weighted by Gasteiger charge is 2.16. The van der Waals surface area contributed by atoms with Crippen LogP contribution in [0.1, 0.15) is 35.0 Å². The van der Waals surface area contributed by atoms with Crippen molar-refractivity contribution in [1.82, 2.24) is 9.97 Å². The van der Waals surface area contributed by atoms with Crippen LogP contribution in [0.5, 0.6) is 0 Å². The number of carboxylic acid groups (broad SMARTS) is 1. The Balaban J connectivity index is 2.24. The molecular formula is C12H14N4O3. The number of nitrogens with one attached hydrogen (secondary N) is 1. The number of nitrogens with two attached hydrogens (primary N) is 1. The molecule has 1 unspecified atom stereocenters. The standard InChI is InChI=1S/C12H14N4O3/c1-6-5-15-11(19-6)7(2)16-10-9(13)8(12(17)18)3-4-14-10/h3-5,7H,13H2,1-2H3,(H,14,16)(H,17,18). The van der Waals surface area contributed by atoms with Crippen LogP contribution in [0.4, 0.5) is 11.5 Å². The van der Waals surface area contributed by atoms with Crippen molar-refractivity contribution < 1.29 is 14.3 Å². The fourth-order valence-corrected chi connectivity index (χ4v) is 1.61. The fourth-order valence-electron chi connectivity index (χ4n) is 1.61. The molecule has 1 atom stereocenters. The number of pyridine rings is 1. The van der Waals surface area contributed by atoms with Gasteiger partial charge in [-0.25, -0.2) is 14.8 Å². The first-order valence-electron chi connectivity index (χ1n) is 5.65. The second kappa shape index (κ2) is 4.97.